The Labute approximate surface area is 105 Å². The lowest BCUT2D eigenvalue weighted by Gasteiger charge is -2.33. The number of nitrogens with one attached hydrogen (secondary N) is 1. The minimum atomic E-state index is 0.0743. The van der Waals surface area contributed by atoms with Crippen molar-refractivity contribution in [3.05, 3.63) is 36.2 Å². The zero-order valence-electron chi connectivity index (χ0n) is 10.3. The molecule has 0 radical (unpaired) electrons. The molecule has 1 aliphatic rings. The first kappa shape index (κ1) is 11.2. The molecule has 0 unspecified atom stereocenters. The summed E-state index contributed by atoms with van der Waals surface area (Å²) in [6, 6.07) is 5.98. The summed E-state index contributed by atoms with van der Waals surface area (Å²) in [7, 11) is 0. The molecule has 94 valence electrons. The molecule has 2 aromatic rings. The van der Waals surface area contributed by atoms with Crippen molar-refractivity contribution in [2.24, 2.45) is 0 Å². The van der Waals surface area contributed by atoms with Gasteiger partial charge < -0.3 is 10.2 Å². The lowest BCUT2D eigenvalue weighted by molar-refractivity contribution is 0.0658. The molecule has 5 nitrogen and oxygen atoms in total. The van der Waals surface area contributed by atoms with Crippen LogP contribution in [0.25, 0.3) is 5.52 Å². The number of fused-ring (bicyclic) bond motifs is 1. The summed E-state index contributed by atoms with van der Waals surface area (Å²) >= 11 is 0. The summed E-state index contributed by atoms with van der Waals surface area (Å²) < 4.78 is 1.74. The Kier molecular flexibility index (Phi) is 2.76. The Balaban J connectivity index is 1.96. The lowest BCUT2D eigenvalue weighted by atomic mass is 10.1. The first-order chi connectivity index (χ1) is 8.77. The summed E-state index contributed by atoms with van der Waals surface area (Å²) in [4.78, 5) is 14.4. The van der Waals surface area contributed by atoms with Crippen LogP contribution in [0, 0.1) is 0 Å². The van der Waals surface area contributed by atoms with Gasteiger partial charge in [0.2, 0.25) is 0 Å². The smallest absolute Gasteiger partial charge is 0.258 e. The highest BCUT2D eigenvalue weighted by Crippen LogP contribution is 2.15. The van der Waals surface area contributed by atoms with E-state index < -0.39 is 0 Å². The quantitative estimate of drug-likeness (QED) is 0.806. The molecule has 5 heteroatoms. The molecule has 1 atom stereocenters. The molecule has 2 aromatic heterocycles. The predicted molar refractivity (Wildman–Crippen MR) is 68.6 cm³/mol. The average molecular weight is 244 g/mol. The molecule has 18 heavy (non-hydrogen) atoms. The number of aromatic nitrogens is 2. The highest BCUT2D eigenvalue weighted by Gasteiger charge is 2.25. The number of nitrogens with zero attached hydrogens (tertiary/aromatic N) is 3. The molecule has 0 saturated carbocycles. The number of pyridine rings is 1. The molecule has 3 heterocycles. The SMILES string of the molecule is C[C@H]1CNCCN1C(=O)c1cnn2ccccc12. The summed E-state index contributed by atoms with van der Waals surface area (Å²) in [6.07, 6.45) is 3.51. The molecule has 3 rings (SSSR count). The van der Waals surface area contributed by atoms with E-state index in [0.717, 1.165) is 25.2 Å². The molecule has 0 aromatic carbocycles. The van der Waals surface area contributed by atoms with Crippen molar-refractivity contribution in [3.8, 4) is 0 Å². The van der Waals surface area contributed by atoms with Crippen molar-refractivity contribution in [1.29, 1.82) is 0 Å². The summed E-state index contributed by atoms with van der Waals surface area (Å²) in [6.45, 7) is 4.53. The van der Waals surface area contributed by atoms with Crippen LogP contribution in [0.2, 0.25) is 0 Å². The van der Waals surface area contributed by atoms with E-state index in [-0.39, 0.29) is 11.9 Å². The normalized spacial score (nSPS) is 20.3. The number of carbonyl (C=O) groups is 1. The molecule has 1 N–H and O–H groups in total. The maximum atomic E-state index is 12.5. The summed E-state index contributed by atoms with van der Waals surface area (Å²) in [5.74, 6) is 0.0743. The van der Waals surface area contributed by atoms with E-state index in [1.54, 1.807) is 10.7 Å². The van der Waals surface area contributed by atoms with Crippen LogP contribution in [0.15, 0.2) is 30.6 Å². The van der Waals surface area contributed by atoms with Gasteiger partial charge in [0.25, 0.3) is 5.91 Å². The average Bonchev–Trinajstić information content (AvgIpc) is 2.82. The Morgan fingerprint density at radius 1 is 1.50 bits per heavy atom. The Bertz CT molecular complexity index is 577. The van der Waals surface area contributed by atoms with E-state index in [1.165, 1.54) is 0 Å². The number of hydrogen-bond acceptors (Lipinski definition) is 3. The Morgan fingerprint density at radius 3 is 3.22 bits per heavy atom. The highest BCUT2D eigenvalue weighted by atomic mass is 16.2. The standard InChI is InChI=1S/C13H16N4O/c1-10-8-14-5-7-16(10)13(18)11-9-15-17-6-3-2-4-12(11)17/h2-4,6,9-10,14H,5,7-8H2,1H3/t10-/m0/s1. The van der Waals surface area contributed by atoms with Crippen LogP contribution in [-0.2, 0) is 0 Å². The third-order valence-electron chi connectivity index (χ3n) is 3.42. The molecule has 1 fully saturated rings. The van der Waals surface area contributed by atoms with Gasteiger partial charge in [-0.15, -0.1) is 0 Å². The van der Waals surface area contributed by atoms with Crippen molar-refractivity contribution < 1.29 is 4.79 Å². The van der Waals surface area contributed by atoms with Crippen LogP contribution < -0.4 is 5.32 Å². The maximum Gasteiger partial charge on any atom is 0.258 e. The number of carbonyl (C=O) groups excluding carboxylic acids is 1. The van der Waals surface area contributed by atoms with Crippen molar-refractivity contribution in [2.75, 3.05) is 19.6 Å². The molecule has 0 bridgehead atoms. The zero-order chi connectivity index (χ0) is 12.5. The lowest BCUT2D eigenvalue weighted by Crippen LogP contribution is -2.52. The van der Waals surface area contributed by atoms with E-state index in [1.807, 2.05) is 29.3 Å². The van der Waals surface area contributed by atoms with Crippen molar-refractivity contribution in [1.82, 2.24) is 19.8 Å². The van der Waals surface area contributed by atoms with Crippen LogP contribution in [0.3, 0.4) is 0 Å². The molecule has 1 saturated heterocycles. The van der Waals surface area contributed by atoms with Crippen molar-refractivity contribution >= 4 is 11.4 Å². The van der Waals surface area contributed by atoms with Gasteiger partial charge in [0.05, 0.1) is 17.3 Å². The highest BCUT2D eigenvalue weighted by molar-refractivity contribution is 6.00. The summed E-state index contributed by atoms with van der Waals surface area (Å²) in [5, 5.41) is 7.50. The zero-order valence-corrected chi connectivity index (χ0v) is 10.3. The first-order valence-electron chi connectivity index (χ1n) is 6.21. The fraction of sp³-hybridized carbons (Fsp3) is 0.385. The van der Waals surface area contributed by atoms with Gasteiger partial charge in [-0.2, -0.15) is 5.10 Å². The van der Waals surface area contributed by atoms with Gasteiger partial charge in [-0.3, -0.25) is 4.79 Å². The minimum absolute atomic E-state index is 0.0743. The Hall–Kier alpha value is -1.88. The molecular weight excluding hydrogens is 228 g/mol. The van der Waals surface area contributed by atoms with Crippen LogP contribution in [0.5, 0.6) is 0 Å². The van der Waals surface area contributed by atoms with Gasteiger partial charge in [-0.05, 0) is 19.1 Å². The molecule has 0 spiro atoms. The van der Waals surface area contributed by atoms with E-state index >= 15 is 0 Å². The van der Waals surface area contributed by atoms with E-state index in [4.69, 9.17) is 0 Å². The van der Waals surface area contributed by atoms with Gasteiger partial charge in [0, 0.05) is 31.9 Å². The number of hydrogen-bond donors (Lipinski definition) is 1. The van der Waals surface area contributed by atoms with Gasteiger partial charge in [0.15, 0.2) is 0 Å². The second-order valence-corrected chi connectivity index (χ2v) is 4.64. The first-order valence-corrected chi connectivity index (χ1v) is 6.21. The fourth-order valence-electron chi connectivity index (χ4n) is 2.40. The van der Waals surface area contributed by atoms with Crippen LogP contribution in [-0.4, -0.2) is 46.1 Å². The predicted octanol–water partition coefficient (Wildman–Crippen LogP) is 0.768. The van der Waals surface area contributed by atoms with Gasteiger partial charge in [-0.25, -0.2) is 4.52 Å². The van der Waals surface area contributed by atoms with Crippen LogP contribution in [0.1, 0.15) is 17.3 Å². The van der Waals surface area contributed by atoms with Crippen molar-refractivity contribution in [2.45, 2.75) is 13.0 Å². The van der Waals surface area contributed by atoms with Crippen molar-refractivity contribution in [3.63, 3.8) is 0 Å². The molecular formula is C13H16N4O. The largest absolute Gasteiger partial charge is 0.333 e. The van der Waals surface area contributed by atoms with Gasteiger partial charge in [-0.1, -0.05) is 6.07 Å². The fourth-order valence-corrected chi connectivity index (χ4v) is 2.40. The second kappa shape index (κ2) is 4.42. The number of amides is 1. The Morgan fingerprint density at radius 2 is 2.39 bits per heavy atom. The molecule has 1 amide bonds. The third-order valence-corrected chi connectivity index (χ3v) is 3.42. The van der Waals surface area contributed by atoms with E-state index in [0.29, 0.717) is 5.56 Å². The number of rotatable bonds is 1. The number of piperazine rings is 1. The monoisotopic (exact) mass is 244 g/mol. The maximum absolute atomic E-state index is 12.5. The molecule has 1 aliphatic heterocycles. The second-order valence-electron chi connectivity index (χ2n) is 4.64. The van der Waals surface area contributed by atoms with Gasteiger partial charge in [0.1, 0.15) is 0 Å². The minimum Gasteiger partial charge on any atom is -0.333 e. The van der Waals surface area contributed by atoms with E-state index in [2.05, 4.69) is 17.3 Å². The van der Waals surface area contributed by atoms with E-state index in [9.17, 15) is 4.79 Å². The van der Waals surface area contributed by atoms with Gasteiger partial charge >= 0.3 is 0 Å². The topological polar surface area (TPSA) is 49.6 Å². The van der Waals surface area contributed by atoms with Crippen LogP contribution in [0.4, 0.5) is 0 Å². The third kappa shape index (κ3) is 1.76. The molecule has 0 aliphatic carbocycles. The summed E-state index contributed by atoms with van der Waals surface area (Å²) in [5.41, 5.74) is 1.55. The van der Waals surface area contributed by atoms with Crippen LogP contribution >= 0.6 is 0 Å².